The Kier molecular flexibility index (Phi) is 5.61. The molecule has 2 N–H and O–H groups in total. The van der Waals surface area contributed by atoms with Gasteiger partial charge in [-0.25, -0.2) is 4.98 Å². The van der Waals surface area contributed by atoms with E-state index in [0.717, 1.165) is 28.9 Å². The van der Waals surface area contributed by atoms with Crippen LogP contribution in [0, 0.1) is 6.92 Å². The van der Waals surface area contributed by atoms with Crippen molar-refractivity contribution in [2.24, 2.45) is 0 Å². The summed E-state index contributed by atoms with van der Waals surface area (Å²) in [5.74, 6) is 0.751. The van der Waals surface area contributed by atoms with E-state index < -0.39 is 0 Å². The van der Waals surface area contributed by atoms with Gasteiger partial charge in [0.05, 0.1) is 19.8 Å². The Morgan fingerprint density at radius 1 is 1.42 bits per heavy atom. The molecular formula is C18H23N3O3. The minimum Gasteiger partial charge on any atom is -0.489 e. The zero-order valence-corrected chi connectivity index (χ0v) is 13.9. The van der Waals surface area contributed by atoms with Crippen molar-refractivity contribution in [1.29, 1.82) is 0 Å². The number of fused-ring (bicyclic) bond motifs is 1. The molecule has 2 aromatic rings. The number of para-hydroxylation sites is 1. The summed E-state index contributed by atoms with van der Waals surface area (Å²) in [7, 11) is 0. The second-order valence-electron chi connectivity index (χ2n) is 5.91. The fourth-order valence-electron chi connectivity index (χ4n) is 2.73. The van der Waals surface area contributed by atoms with Crippen LogP contribution < -0.4 is 15.4 Å². The maximum atomic E-state index is 11.9. The van der Waals surface area contributed by atoms with Crippen molar-refractivity contribution in [3.63, 3.8) is 0 Å². The highest BCUT2D eigenvalue weighted by Gasteiger charge is 2.16. The Labute approximate surface area is 141 Å². The lowest BCUT2D eigenvalue weighted by Crippen LogP contribution is -2.44. The van der Waals surface area contributed by atoms with Crippen LogP contribution in [0.4, 0.5) is 0 Å². The third-order valence-corrected chi connectivity index (χ3v) is 3.93. The highest BCUT2D eigenvalue weighted by Crippen LogP contribution is 2.23. The van der Waals surface area contributed by atoms with Crippen LogP contribution in [0.2, 0.25) is 0 Å². The highest BCUT2D eigenvalue weighted by molar-refractivity contribution is 5.84. The summed E-state index contributed by atoms with van der Waals surface area (Å²) in [6, 6.07) is 9.98. The van der Waals surface area contributed by atoms with Gasteiger partial charge in [-0.15, -0.1) is 0 Å². The van der Waals surface area contributed by atoms with Gasteiger partial charge in [-0.3, -0.25) is 4.79 Å². The number of nitrogens with one attached hydrogen (secondary N) is 2. The molecule has 1 atom stereocenters. The summed E-state index contributed by atoms with van der Waals surface area (Å²) in [5.41, 5.74) is 1.81. The number of nitrogens with zero attached hydrogens (tertiary/aromatic N) is 1. The van der Waals surface area contributed by atoms with E-state index in [1.807, 2.05) is 37.3 Å². The zero-order chi connectivity index (χ0) is 16.8. The van der Waals surface area contributed by atoms with Gasteiger partial charge >= 0.3 is 0 Å². The van der Waals surface area contributed by atoms with Gasteiger partial charge < -0.3 is 20.1 Å². The van der Waals surface area contributed by atoms with Crippen molar-refractivity contribution < 1.29 is 14.3 Å². The minimum atomic E-state index is 0.00786. The molecule has 1 amide bonds. The van der Waals surface area contributed by atoms with Crippen LogP contribution in [0.1, 0.15) is 12.1 Å². The van der Waals surface area contributed by atoms with Gasteiger partial charge in [-0.2, -0.15) is 0 Å². The molecule has 2 heterocycles. The summed E-state index contributed by atoms with van der Waals surface area (Å²) in [4.78, 5) is 16.4. The number of ether oxygens (including phenoxy) is 2. The number of hydrogen-bond acceptors (Lipinski definition) is 5. The molecule has 1 fully saturated rings. The Morgan fingerprint density at radius 2 is 2.33 bits per heavy atom. The van der Waals surface area contributed by atoms with E-state index in [4.69, 9.17) is 9.47 Å². The smallest absolute Gasteiger partial charge is 0.221 e. The average molecular weight is 329 g/mol. The number of carbonyl (C=O) groups excluding carboxylic acids is 1. The summed E-state index contributed by atoms with van der Waals surface area (Å²) >= 11 is 0. The maximum absolute atomic E-state index is 11.9. The van der Waals surface area contributed by atoms with Gasteiger partial charge in [0.1, 0.15) is 17.9 Å². The predicted molar refractivity (Wildman–Crippen MR) is 92.2 cm³/mol. The molecule has 6 nitrogen and oxygen atoms in total. The van der Waals surface area contributed by atoms with Crippen LogP contribution in [0.5, 0.6) is 5.75 Å². The molecule has 128 valence electrons. The Morgan fingerprint density at radius 3 is 3.17 bits per heavy atom. The second-order valence-corrected chi connectivity index (χ2v) is 5.91. The minimum absolute atomic E-state index is 0.00786. The lowest BCUT2D eigenvalue weighted by Gasteiger charge is -2.23. The third kappa shape index (κ3) is 4.43. The van der Waals surface area contributed by atoms with Gasteiger partial charge in [0.25, 0.3) is 0 Å². The number of aryl methyl sites for hydroxylation is 1. The topological polar surface area (TPSA) is 72.5 Å². The van der Waals surface area contributed by atoms with E-state index >= 15 is 0 Å². The summed E-state index contributed by atoms with van der Waals surface area (Å²) in [6.45, 7) is 4.94. The van der Waals surface area contributed by atoms with E-state index in [1.54, 1.807) is 0 Å². The van der Waals surface area contributed by atoms with Crippen LogP contribution >= 0.6 is 0 Å². The van der Waals surface area contributed by atoms with Gasteiger partial charge in [0.15, 0.2) is 0 Å². The summed E-state index contributed by atoms with van der Waals surface area (Å²) in [6.07, 6.45) is 0.426. The van der Waals surface area contributed by atoms with Crippen molar-refractivity contribution in [2.45, 2.75) is 19.4 Å². The number of rotatable bonds is 6. The van der Waals surface area contributed by atoms with Crippen LogP contribution in [0.3, 0.4) is 0 Å². The molecule has 1 aromatic heterocycles. The number of morpholine rings is 1. The fraction of sp³-hybridized carbons (Fsp3) is 0.444. The first-order valence-corrected chi connectivity index (χ1v) is 8.29. The molecule has 0 bridgehead atoms. The number of aromatic nitrogens is 1. The van der Waals surface area contributed by atoms with Crippen molar-refractivity contribution in [3.05, 3.63) is 36.0 Å². The maximum Gasteiger partial charge on any atom is 0.221 e. The van der Waals surface area contributed by atoms with E-state index in [2.05, 4.69) is 15.6 Å². The SMILES string of the molecule is Cc1ccc2cccc(OCCNC(=O)C[C@H]3COCCN3)c2n1. The number of amides is 1. The third-order valence-electron chi connectivity index (χ3n) is 3.93. The molecule has 1 saturated heterocycles. The van der Waals surface area contributed by atoms with Gasteiger partial charge in [-0.05, 0) is 19.1 Å². The van der Waals surface area contributed by atoms with Crippen LogP contribution in [0.25, 0.3) is 10.9 Å². The molecule has 3 rings (SSSR count). The molecule has 0 unspecified atom stereocenters. The molecule has 6 heteroatoms. The molecule has 0 aliphatic carbocycles. The predicted octanol–water partition coefficient (Wildman–Crippen LogP) is 1.42. The Bertz CT molecular complexity index is 699. The van der Waals surface area contributed by atoms with Gasteiger partial charge in [0.2, 0.25) is 5.91 Å². The Hall–Kier alpha value is -2.18. The first-order chi connectivity index (χ1) is 11.7. The number of benzene rings is 1. The first kappa shape index (κ1) is 16.7. The zero-order valence-electron chi connectivity index (χ0n) is 13.9. The largest absolute Gasteiger partial charge is 0.489 e. The van der Waals surface area contributed by atoms with Gasteiger partial charge in [-0.1, -0.05) is 18.2 Å². The lowest BCUT2D eigenvalue weighted by atomic mass is 10.2. The number of hydrogen-bond donors (Lipinski definition) is 2. The highest BCUT2D eigenvalue weighted by atomic mass is 16.5. The standard InChI is InChI=1S/C18H23N3O3/c1-13-5-6-14-3-2-4-16(18(14)21-13)24-10-8-20-17(22)11-15-12-23-9-7-19-15/h2-6,15,19H,7-12H2,1H3,(H,20,22)/t15-/m0/s1. The average Bonchev–Trinajstić information content (AvgIpc) is 2.60. The molecule has 0 spiro atoms. The number of carbonyl (C=O) groups is 1. The quantitative estimate of drug-likeness (QED) is 0.784. The second kappa shape index (κ2) is 8.08. The van der Waals surface area contributed by atoms with Crippen molar-refractivity contribution >= 4 is 16.8 Å². The van der Waals surface area contributed by atoms with Crippen LogP contribution in [0.15, 0.2) is 30.3 Å². The normalized spacial score (nSPS) is 17.6. The van der Waals surface area contributed by atoms with Gasteiger partial charge in [0, 0.05) is 30.1 Å². The van der Waals surface area contributed by atoms with Crippen LogP contribution in [-0.4, -0.2) is 49.8 Å². The monoisotopic (exact) mass is 329 g/mol. The number of pyridine rings is 1. The first-order valence-electron chi connectivity index (χ1n) is 8.29. The molecular weight excluding hydrogens is 306 g/mol. The molecule has 1 aliphatic rings. The molecule has 0 saturated carbocycles. The molecule has 0 radical (unpaired) electrons. The summed E-state index contributed by atoms with van der Waals surface area (Å²) < 4.78 is 11.1. The molecule has 1 aromatic carbocycles. The van der Waals surface area contributed by atoms with E-state index in [1.165, 1.54) is 0 Å². The van der Waals surface area contributed by atoms with E-state index in [0.29, 0.717) is 32.8 Å². The van der Waals surface area contributed by atoms with Crippen LogP contribution in [-0.2, 0) is 9.53 Å². The van der Waals surface area contributed by atoms with Crippen molar-refractivity contribution in [3.8, 4) is 5.75 Å². The fourth-order valence-corrected chi connectivity index (χ4v) is 2.73. The van der Waals surface area contributed by atoms with Crippen molar-refractivity contribution in [2.75, 3.05) is 32.9 Å². The van der Waals surface area contributed by atoms with Crippen molar-refractivity contribution in [1.82, 2.24) is 15.6 Å². The lowest BCUT2D eigenvalue weighted by molar-refractivity contribution is -0.122. The summed E-state index contributed by atoms with van der Waals surface area (Å²) in [5, 5.41) is 7.19. The molecule has 1 aliphatic heterocycles. The molecule has 24 heavy (non-hydrogen) atoms. The van der Waals surface area contributed by atoms with E-state index in [9.17, 15) is 4.79 Å². The Balaban J connectivity index is 1.46. The van der Waals surface area contributed by atoms with E-state index in [-0.39, 0.29) is 11.9 Å².